The lowest BCUT2D eigenvalue weighted by atomic mass is 10.3. The van der Waals surface area contributed by atoms with Gasteiger partial charge in [-0.15, -0.1) is 0 Å². The number of nitrogens with zero attached hydrogens (tertiary/aromatic N) is 2. The maximum atomic E-state index is 12.3. The van der Waals surface area contributed by atoms with Gasteiger partial charge in [0.25, 0.3) is 0 Å². The molecule has 0 amide bonds. The van der Waals surface area contributed by atoms with Gasteiger partial charge in [-0.2, -0.15) is 4.72 Å². The van der Waals surface area contributed by atoms with Gasteiger partial charge in [0.05, 0.1) is 15.9 Å². The Kier molecular flexibility index (Phi) is 4.20. The number of carbonyl (C=O) groups is 1. The van der Waals surface area contributed by atoms with E-state index in [0.717, 1.165) is 0 Å². The van der Waals surface area contributed by atoms with Crippen molar-refractivity contribution in [3.8, 4) is 0 Å². The molecule has 22 heavy (non-hydrogen) atoms. The molecule has 10 heteroatoms. The molecule has 0 saturated heterocycles. The topological polar surface area (TPSA) is 110 Å². The van der Waals surface area contributed by atoms with Crippen LogP contribution >= 0.6 is 15.9 Å². The lowest BCUT2D eigenvalue weighted by molar-refractivity contribution is -0.138. The summed E-state index contributed by atoms with van der Waals surface area (Å²) in [5.41, 5.74) is 0.701. The van der Waals surface area contributed by atoms with Crippen LogP contribution in [0.15, 0.2) is 26.3 Å². The highest BCUT2D eigenvalue weighted by atomic mass is 79.9. The maximum Gasteiger partial charge on any atom is 0.328 e. The molecule has 2 N–H and O–H groups in total. The third kappa shape index (κ3) is 2.69. The van der Waals surface area contributed by atoms with Gasteiger partial charge < -0.3 is 5.11 Å². The van der Waals surface area contributed by atoms with Crippen molar-refractivity contribution in [1.82, 2.24) is 13.9 Å². The highest BCUT2D eigenvalue weighted by molar-refractivity contribution is 9.10. The molecule has 0 fully saturated rings. The van der Waals surface area contributed by atoms with Crippen LogP contribution in [0.4, 0.5) is 0 Å². The normalized spacial score (nSPS) is 13.5. The fraction of sp³-hybridized carbons (Fsp3) is 0.333. The number of benzene rings is 1. The number of imidazole rings is 1. The zero-order valence-electron chi connectivity index (χ0n) is 12.0. The Hall–Kier alpha value is -1.65. The largest absolute Gasteiger partial charge is 0.480 e. The predicted octanol–water partition coefficient (Wildman–Crippen LogP) is 0.391. The van der Waals surface area contributed by atoms with Crippen LogP contribution in [0.2, 0.25) is 0 Å². The van der Waals surface area contributed by atoms with Gasteiger partial charge in [0, 0.05) is 18.6 Å². The zero-order valence-corrected chi connectivity index (χ0v) is 14.4. The van der Waals surface area contributed by atoms with Crippen LogP contribution in [-0.2, 0) is 28.9 Å². The van der Waals surface area contributed by atoms with E-state index in [4.69, 9.17) is 5.11 Å². The fourth-order valence-electron chi connectivity index (χ4n) is 2.05. The number of hydrogen-bond acceptors (Lipinski definition) is 4. The molecule has 0 aliphatic heterocycles. The van der Waals surface area contributed by atoms with Crippen LogP contribution in [-0.4, -0.2) is 34.7 Å². The van der Waals surface area contributed by atoms with Crippen LogP contribution in [0.3, 0.4) is 0 Å². The number of aromatic nitrogens is 2. The molecule has 0 spiro atoms. The molecular weight excluding hydrogens is 378 g/mol. The quantitative estimate of drug-likeness (QED) is 0.782. The van der Waals surface area contributed by atoms with Gasteiger partial charge >= 0.3 is 11.7 Å². The Balaban J connectivity index is 2.66. The first-order chi connectivity index (χ1) is 10.1. The number of fused-ring (bicyclic) bond motifs is 1. The van der Waals surface area contributed by atoms with Gasteiger partial charge in [-0.3, -0.25) is 13.9 Å². The third-order valence-corrected chi connectivity index (χ3v) is 5.82. The van der Waals surface area contributed by atoms with E-state index in [1.807, 2.05) is 0 Å². The molecule has 8 nitrogen and oxygen atoms in total. The van der Waals surface area contributed by atoms with Crippen LogP contribution in [0.25, 0.3) is 11.0 Å². The Morgan fingerprint density at radius 2 is 1.77 bits per heavy atom. The molecular formula is C12H14BrN3O5S. The number of aryl methyl sites for hydroxylation is 2. The summed E-state index contributed by atoms with van der Waals surface area (Å²) in [6.07, 6.45) is 0. The molecule has 120 valence electrons. The van der Waals surface area contributed by atoms with Crippen molar-refractivity contribution < 1.29 is 18.3 Å². The minimum atomic E-state index is -4.05. The summed E-state index contributed by atoms with van der Waals surface area (Å²) in [6, 6.07) is 1.57. The second kappa shape index (κ2) is 5.52. The number of aliphatic carboxylic acids is 1. The van der Waals surface area contributed by atoms with Gasteiger partial charge in [0.15, 0.2) is 0 Å². The summed E-state index contributed by atoms with van der Waals surface area (Å²) < 4.78 is 29.7. The van der Waals surface area contributed by atoms with Gasteiger partial charge in [-0.25, -0.2) is 13.2 Å². The van der Waals surface area contributed by atoms with Crippen LogP contribution in [0.5, 0.6) is 0 Å². The summed E-state index contributed by atoms with van der Waals surface area (Å²) >= 11 is 3.16. The van der Waals surface area contributed by atoms with E-state index in [1.54, 1.807) is 7.05 Å². The fourth-order valence-corrected chi connectivity index (χ4v) is 4.30. The molecule has 0 aliphatic carbocycles. The van der Waals surface area contributed by atoms with Crippen molar-refractivity contribution >= 4 is 43.0 Å². The average Bonchev–Trinajstić information content (AvgIpc) is 2.62. The van der Waals surface area contributed by atoms with Crippen molar-refractivity contribution in [3.05, 3.63) is 27.1 Å². The Labute approximate surface area is 134 Å². The highest BCUT2D eigenvalue weighted by Crippen LogP contribution is 2.27. The van der Waals surface area contributed by atoms with Gasteiger partial charge in [0.2, 0.25) is 10.0 Å². The number of nitrogens with one attached hydrogen (secondary N) is 1. The standard InChI is InChI=1S/C12H14BrN3O5S/c1-6(11(17)18)14-22(20,21)10-5-9-8(4-7(10)13)15(2)12(19)16(9)3/h4-6,14H,1-3H3,(H,17,18). The van der Waals surface area contributed by atoms with Gasteiger partial charge in [0.1, 0.15) is 6.04 Å². The monoisotopic (exact) mass is 391 g/mol. The molecule has 0 saturated carbocycles. The lowest BCUT2D eigenvalue weighted by Gasteiger charge is -2.12. The summed E-state index contributed by atoms with van der Waals surface area (Å²) in [7, 11) is -0.940. The van der Waals surface area contributed by atoms with E-state index < -0.39 is 22.0 Å². The van der Waals surface area contributed by atoms with E-state index in [0.29, 0.717) is 11.0 Å². The second-order valence-electron chi connectivity index (χ2n) is 4.85. The van der Waals surface area contributed by atoms with E-state index in [2.05, 4.69) is 20.7 Å². The molecule has 1 aromatic heterocycles. The first-order valence-electron chi connectivity index (χ1n) is 6.16. The molecule has 1 unspecified atom stereocenters. The maximum absolute atomic E-state index is 12.3. The lowest BCUT2D eigenvalue weighted by Crippen LogP contribution is -2.38. The SMILES string of the molecule is CC(NS(=O)(=O)c1cc2c(cc1Br)n(C)c(=O)n2C)C(=O)O. The molecule has 0 bridgehead atoms. The van der Waals surface area contributed by atoms with Crippen molar-refractivity contribution in [1.29, 1.82) is 0 Å². The van der Waals surface area contributed by atoms with Crippen molar-refractivity contribution in [2.75, 3.05) is 0 Å². The molecule has 2 rings (SSSR count). The minimum Gasteiger partial charge on any atom is -0.480 e. The number of sulfonamides is 1. The molecule has 1 heterocycles. The predicted molar refractivity (Wildman–Crippen MR) is 83.3 cm³/mol. The van der Waals surface area contributed by atoms with Crippen molar-refractivity contribution in [2.24, 2.45) is 14.1 Å². The van der Waals surface area contributed by atoms with E-state index >= 15 is 0 Å². The number of carboxylic acid groups (broad SMARTS) is 1. The van der Waals surface area contributed by atoms with Crippen molar-refractivity contribution in [3.63, 3.8) is 0 Å². The molecule has 1 atom stereocenters. The Morgan fingerprint density at radius 1 is 1.27 bits per heavy atom. The van der Waals surface area contributed by atoms with E-state index in [-0.39, 0.29) is 15.1 Å². The molecule has 1 aromatic carbocycles. The van der Waals surface area contributed by atoms with Gasteiger partial charge in [-0.05, 0) is 35.0 Å². The Bertz CT molecular complexity index is 928. The van der Waals surface area contributed by atoms with Crippen LogP contribution in [0.1, 0.15) is 6.92 Å². The zero-order chi connectivity index (χ0) is 16.8. The van der Waals surface area contributed by atoms with E-state index in [9.17, 15) is 18.0 Å². The van der Waals surface area contributed by atoms with Crippen LogP contribution < -0.4 is 10.4 Å². The van der Waals surface area contributed by atoms with Gasteiger partial charge in [-0.1, -0.05) is 0 Å². The molecule has 2 aromatic rings. The third-order valence-electron chi connectivity index (χ3n) is 3.32. The summed E-state index contributed by atoms with van der Waals surface area (Å²) in [5, 5.41) is 8.83. The molecule has 0 radical (unpaired) electrons. The number of carboxylic acids is 1. The van der Waals surface area contributed by atoms with E-state index in [1.165, 1.54) is 35.2 Å². The summed E-state index contributed by atoms with van der Waals surface area (Å²) in [4.78, 5) is 22.6. The minimum absolute atomic E-state index is 0.130. The number of hydrogen-bond donors (Lipinski definition) is 2. The second-order valence-corrected chi connectivity index (χ2v) is 7.39. The Morgan fingerprint density at radius 3 is 2.27 bits per heavy atom. The first-order valence-corrected chi connectivity index (χ1v) is 8.44. The number of rotatable bonds is 4. The highest BCUT2D eigenvalue weighted by Gasteiger charge is 2.25. The van der Waals surface area contributed by atoms with Crippen LogP contribution in [0, 0.1) is 0 Å². The van der Waals surface area contributed by atoms with Crippen molar-refractivity contribution in [2.45, 2.75) is 17.9 Å². The summed E-state index contributed by atoms with van der Waals surface area (Å²) in [5.74, 6) is -1.28. The smallest absolute Gasteiger partial charge is 0.328 e. The average molecular weight is 392 g/mol. The molecule has 0 aliphatic rings. The number of halogens is 1. The first kappa shape index (κ1) is 16.7. The summed E-state index contributed by atoms with van der Waals surface area (Å²) in [6.45, 7) is 1.23.